The molecule has 1 heterocycles. The quantitative estimate of drug-likeness (QED) is 0.800. The average molecular weight is 244 g/mol. The third-order valence-electron chi connectivity index (χ3n) is 2.18. The maximum Gasteiger partial charge on any atom is 0.387 e. The van der Waals surface area contributed by atoms with E-state index >= 15 is 0 Å². The standard InChI is InChI=1S/C11H8ClF2NO/c1-6-5-7-3-2-4-15-9(7)8(12)10(6)16-11(13)14/h2-5,11H,1H3. The second-order valence-electron chi connectivity index (χ2n) is 3.29. The van der Waals surface area contributed by atoms with Gasteiger partial charge in [0.15, 0.2) is 0 Å². The van der Waals surface area contributed by atoms with Crippen molar-refractivity contribution < 1.29 is 13.5 Å². The molecule has 16 heavy (non-hydrogen) atoms. The van der Waals surface area contributed by atoms with Crippen molar-refractivity contribution in [2.75, 3.05) is 0 Å². The van der Waals surface area contributed by atoms with Crippen LogP contribution >= 0.6 is 11.6 Å². The molecule has 0 spiro atoms. The highest BCUT2D eigenvalue weighted by Gasteiger charge is 2.15. The summed E-state index contributed by atoms with van der Waals surface area (Å²) in [5.41, 5.74) is 1.02. The van der Waals surface area contributed by atoms with E-state index in [0.29, 0.717) is 11.1 Å². The van der Waals surface area contributed by atoms with Gasteiger partial charge in [0.05, 0.1) is 5.52 Å². The molecule has 84 valence electrons. The molecule has 0 aliphatic rings. The van der Waals surface area contributed by atoms with Gasteiger partial charge in [0.1, 0.15) is 10.8 Å². The first kappa shape index (κ1) is 11.1. The maximum absolute atomic E-state index is 12.2. The van der Waals surface area contributed by atoms with E-state index in [1.54, 1.807) is 25.3 Å². The fourth-order valence-corrected chi connectivity index (χ4v) is 1.88. The summed E-state index contributed by atoms with van der Waals surface area (Å²) in [5.74, 6) is -0.0112. The number of fused-ring (bicyclic) bond motifs is 1. The number of nitrogens with zero attached hydrogens (tertiary/aromatic N) is 1. The predicted octanol–water partition coefficient (Wildman–Crippen LogP) is 3.80. The molecule has 2 nitrogen and oxygen atoms in total. The van der Waals surface area contributed by atoms with Crippen molar-refractivity contribution in [1.82, 2.24) is 4.98 Å². The van der Waals surface area contributed by atoms with Gasteiger partial charge in [0.2, 0.25) is 0 Å². The summed E-state index contributed by atoms with van der Waals surface area (Å²) < 4.78 is 28.7. The summed E-state index contributed by atoms with van der Waals surface area (Å²) in [4.78, 5) is 4.03. The molecule has 0 aliphatic heterocycles. The van der Waals surface area contributed by atoms with Gasteiger partial charge in [-0.1, -0.05) is 17.7 Å². The zero-order chi connectivity index (χ0) is 11.7. The molecule has 1 aromatic heterocycles. The van der Waals surface area contributed by atoms with Crippen molar-refractivity contribution in [2.24, 2.45) is 0 Å². The van der Waals surface area contributed by atoms with Gasteiger partial charge < -0.3 is 4.74 Å². The lowest BCUT2D eigenvalue weighted by molar-refractivity contribution is -0.0501. The summed E-state index contributed by atoms with van der Waals surface area (Å²) in [7, 11) is 0. The lowest BCUT2D eigenvalue weighted by Crippen LogP contribution is -2.04. The Morgan fingerprint density at radius 3 is 2.88 bits per heavy atom. The molecular formula is C11H8ClF2NO. The molecule has 1 aromatic carbocycles. The molecule has 0 saturated heterocycles. The SMILES string of the molecule is Cc1cc2cccnc2c(Cl)c1OC(F)F. The molecule has 5 heteroatoms. The highest BCUT2D eigenvalue weighted by molar-refractivity contribution is 6.36. The van der Waals surface area contributed by atoms with Crippen molar-refractivity contribution >= 4 is 22.5 Å². The van der Waals surface area contributed by atoms with Crippen LogP contribution in [0.15, 0.2) is 24.4 Å². The third-order valence-corrected chi connectivity index (χ3v) is 2.53. The van der Waals surface area contributed by atoms with Crippen LogP contribution in [0.2, 0.25) is 5.02 Å². The van der Waals surface area contributed by atoms with Crippen molar-refractivity contribution in [2.45, 2.75) is 13.5 Å². The van der Waals surface area contributed by atoms with Crippen LogP contribution in [0.25, 0.3) is 10.9 Å². The highest BCUT2D eigenvalue weighted by Crippen LogP contribution is 2.35. The van der Waals surface area contributed by atoms with Gasteiger partial charge in [0.25, 0.3) is 0 Å². The number of hydrogen-bond donors (Lipinski definition) is 0. The minimum Gasteiger partial charge on any atom is -0.433 e. The molecule has 2 aromatic rings. The Morgan fingerprint density at radius 1 is 1.44 bits per heavy atom. The van der Waals surface area contributed by atoms with Crippen molar-refractivity contribution in [3.63, 3.8) is 0 Å². The molecule has 2 rings (SSSR count). The van der Waals surface area contributed by atoms with E-state index in [1.165, 1.54) is 0 Å². The van der Waals surface area contributed by atoms with Crippen LogP contribution in [0.3, 0.4) is 0 Å². The van der Waals surface area contributed by atoms with Crippen LogP contribution < -0.4 is 4.74 Å². The number of rotatable bonds is 2. The number of hydrogen-bond acceptors (Lipinski definition) is 2. The van der Waals surface area contributed by atoms with Gasteiger partial charge in [-0.15, -0.1) is 0 Å². The number of aryl methyl sites for hydroxylation is 1. The fraction of sp³-hybridized carbons (Fsp3) is 0.182. The van der Waals surface area contributed by atoms with Crippen LogP contribution in [-0.4, -0.2) is 11.6 Å². The second kappa shape index (κ2) is 4.22. The molecule has 0 amide bonds. The zero-order valence-corrected chi connectivity index (χ0v) is 9.13. The number of halogens is 3. The Bertz CT molecular complexity index is 531. The molecule has 0 N–H and O–H groups in total. The van der Waals surface area contributed by atoms with Gasteiger partial charge in [-0.2, -0.15) is 8.78 Å². The Hall–Kier alpha value is -1.42. The van der Waals surface area contributed by atoms with Gasteiger partial charge in [-0.05, 0) is 24.6 Å². The number of benzene rings is 1. The van der Waals surface area contributed by atoms with E-state index in [9.17, 15) is 8.78 Å². The second-order valence-corrected chi connectivity index (χ2v) is 3.67. The van der Waals surface area contributed by atoms with Crippen molar-refractivity contribution in [3.8, 4) is 5.75 Å². The molecule has 0 fully saturated rings. The van der Waals surface area contributed by atoms with Gasteiger partial charge >= 0.3 is 6.61 Å². The number of ether oxygens (including phenoxy) is 1. The van der Waals surface area contributed by atoms with Gasteiger partial charge in [0, 0.05) is 11.6 Å². The number of aromatic nitrogens is 1. The van der Waals surface area contributed by atoms with E-state index in [-0.39, 0.29) is 10.8 Å². The molecule has 0 unspecified atom stereocenters. The van der Waals surface area contributed by atoms with Crippen molar-refractivity contribution in [1.29, 1.82) is 0 Å². The smallest absolute Gasteiger partial charge is 0.387 e. The first-order valence-corrected chi connectivity index (χ1v) is 4.96. The summed E-state index contributed by atoms with van der Waals surface area (Å²) in [5, 5.41) is 0.919. The molecule has 0 saturated carbocycles. The fourth-order valence-electron chi connectivity index (χ4n) is 1.53. The number of alkyl halides is 2. The predicted molar refractivity (Wildman–Crippen MR) is 58.1 cm³/mol. The Kier molecular flexibility index (Phi) is 2.92. The van der Waals surface area contributed by atoms with Gasteiger partial charge in [-0.25, -0.2) is 0 Å². The Balaban J connectivity index is 2.65. The lowest BCUT2D eigenvalue weighted by Gasteiger charge is -2.11. The van der Waals surface area contributed by atoms with Crippen LogP contribution in [0, 0.1) is 6.92 Å². The first-order valence-electron chi connectivity index (χ1n) is 4.58. The van der Waals surface area contributed by atoms with Crippen LogP contribution in [0.1, 0.15) is 5.56 Å². The Labute approximate surface area is 95.8 Å². The maximum atomic E-state index is 12.2. The first-order chi connectivity index (χ1) is 7.59. The average Bonchev–Trinajstić information content (AvgIpc) is 2.24. The minimum atomic E-state index is -2.89. The lowest BCUT2D eigenvalue weighted by atomic mass is 10.1. The van der Waals surface area contributed by atoms with E-state index in [0.717, 1.165) is 5.39 Å². The van der Waals surface area contributed by atoms with Gasteiger partial charge in [-0.3, -0.25) is 4.98 Å². The van der Waals surface area contributed by atoms with E-state index < -0.39 is 6.61 Å². The monoisotopic (exact) mass is 243 g/mol. The summed E-state index contributed by atoms with van der Waals surface area (Å²) in [6, 6.07) is 5.28. The van der Waals surface area contributed by atoms with Crippen LogP contribution in [0.4, 0.5) is 8.78 Å². The minimum absolute atomic E-state index is 0.0112. The normalized spacial score (nSPS) is 11.1. The molecule has 0 radical (unpaired) electrons. The van der Waals surface area contributed by atoms with E-state index in [4.69, 9.17) is 11.6 Å². The largest absolute Gasteiger partial charge is 0.433 e. The Morgan fingerprint density at radius 2 is 2.19 bits per heavy atom. The summed E-state index contributed by atoms with van der Waals surface area (Å²) >= 11 is 5.97. The van der Waals surface area contributed by atoms with Crippen LogP contribution in [0.5, 0.6) is 5.75 Å². The molecule has 0 aliphatic carbocycles. The highest BCUT2D eigenvalue weighted by atomic mass is 35.5. The zero-order valence-electron chi connectivity index (χ0n) is 8.38. The third kappa shape index (κ3) is 1.93. The molecular weight excluding hydrogens is 236 g/mol. The van der Waals surface area contributed by atoms with E-state index in [1.807, 2.05) is 6.07 Å². The van der Waals surface area contributed by atoms with Crippen LogP contribution in [-0.2, 0) is 0 Å². The topological polar surface area (TPSA) is 22.1 Å². The van der Waals surface area contributed by atoms with Crippen molar-refractivity contribution in [3.05, 3.63) is 35.0 Å². The molecule has 0 atom stereocenters. The number of pyridine rings is 1. The molecule has 0 bridgehead atoms. The summed E-state index contributed by atoms with van der Waals surface area (Å²) in [6.07, 6.45) is 1.55. The summed E-state index contributed by atoms with van der Waals surface area (Å²) in [6.45, 7) is -1.23. The van der Waals surface area contributed by atoms with E-state index in [2.05, 4.69) is 9.72 Å².